The third kappa shape index (κ3) is 4.68. The van der Waals surface area contributed by atoms with Crippen LogP contribution >= 0.6 is 15.9 Å². The normalized spacial score (nSPS) is 18.1. The Labute approximate surface area is 172 Å². The third-order valence-electron chi connectivity index (χ3n) is 4.96. The topological polar surface area (TPSA) is 55.8 Å². The Morgan fingerprint density at radius 3 is 2.57 bits per heavy atom. The van der Waals surface area contributed by atoms with Crippen LogP contribution in [-0.4, -0.2) is 17.4 Å². The third-order valence-corrected chi connectivity index (χ3v) is 5.49. The molecule has 0 radical (unpaired) electrons. The molecule has 0 N–H and O–H groups in total. The van der Waals surface area contributed by atoms with Crippen molar-refractivity contribution in [1.29, 1.82) is 0 Å². The minimum atomic E-state index is -0.128. The number of rotatable bonds is 8. The number of amides is 1. The molecule has 2 aromatic heterocycles. The van der Waals surface area contributed by atoms with Gasteiger partial charge in [-0.1, -0.05) is 22.9 Å². The molecule has 0 spiro atoms. The first-order chi connectivity index (χ1) is 13.6. The second kappa shape index (κ2) is 8.27. The molecule has 1 aliphatic rings. The summed E-state index contributed by atoms with van der Waals surface area (Å²) in [4.78, 5) is 14.5. The highest BCUT2D eigenvalue weighted by molar-refractivity contribution is 9.10. The van der Waals surface area contributed by atoms with E-state index < -0.39 is 0 Å². The van der Waals surface area contributed by atoms with Gasteiger partial charge in [0.1, 0.15) is 23.0 Å². The summed E-state index contributed by atoms with van der Waals surface area (Å²) in [5.74, 6) is 4.23. The van der Waals surface area contributed by atoms with Crippen molar-refractivity contribution in [3.63, 3.8) is 0 Å². The second-order valence-electron chi connectivity index (χ2n) is 7.20. The fourth-order valence-corrected chi connectivity index (χ4v) is 3.44. The van der Waals surface area contributed by atoms with Gasteiger partial charge in [-0.3, -0.25) is 4.79 Å². The Kier molecular flexibility index (Phi) is 5.57. The monoisotopic (exact) mass is 443 g/mol. The number of carbonyl (C=O) groups is 1. The van der Waals surface area contributed by atoms with Gasteiger partial charge in [0.25, 0.3) is 5.91 Å². The zero-order valence-electron chi connectivity index (χ0n) is 15.6. The number of benzene rings is 1. The zero-order valence-corrected chi connectivity index (χ0v) is 17.2. The van der Waals surface area contributed by atoms with Crippen molar-refractivity contribution in [3.05, 3.63) is 76.5 Å². The van der Waals surface area contributed by atoms with Gasteiger partial charge in [0.05, 0.1) is 19.4 Å². The van der Waals surface area contributed by atoms with Crippen molar-refractivity contribution in [2.75, 3.05) is 6.61 Å². The van der Waals surface area contributed by atoms with Crippen molar-refractivity contribution in [2.24, 2.45) is 5.92 Å². The summed E-state index contributed by atoms with van der Waals surface area (Å²) in [6.45, 7) is 2.92. The van der Waals surface area contributed by atoms with E-state index in [0.717, 1.165) is 21.8 Å². The van der Waals surface area contributed by atoms with Crippen LogP contribution in [0.15, 0.2) is 68.1 Å². The fraction of sp³-hybridized carbons (Fsp3) is 0.318. The molecule has 5 nitrogen and oxygen atoms in total. The summed E-state index contributed by atoms with van der Waals surface area (Å²) in [5.41, 5.74) is 0. The van der Waals surface area contributed by atoms with E-state index in [1.54, 1.807) is 11.2 Å². The Morgan fingerprint density at radius 2 is 1.89 bits per heavy atom. The van der Waals surface area contributed by atoms with Crippen molar-refractivity contribution in [1.82, 2.24) is 4.90 Å². The van der Waals surface area contributed by atoms with E-state index in [2.05, 4.69) is 22.9 Å². The van der Waals surface area contributed by atoms with E-state index in [4.69, 9.17) is 13.6 Å². The number of halogens is 1. The molecule has 2 atom stereocenters. The van der Waals surface area contributed by atoms with Gasteiger partial charge in [0, 0.05) is 10.4 Å². The van der Waals surface area contributed by atoms with Gasteiger partial charge in [-0.15, -0.1) is 0 Å². The molecule has 1 saturated carbocycles. The maximum atomic E-state index is 12.8. The van der Waals surface area contributed by atoms with Gasteiger partial charge in [0.2, 0.25) is 0 Å². The van der Waals surface area contributed by atoms with Gasteiger partial charge in [-0.05, 0) is 60.9 Å². The average molecular weight is 444 g/mol. The van der Waals surface area contributed by atoms with E-state index in [9.17, 15) is 4.79 Å². The highest BCUT2D eigenvalue weighted by Crippen LogP contribution is 2.47. The first kappa shape index (κ1) is 18.9. The maximum absolute atomic E-state index is 12.8. The maximum Gasteiger partial charge on any atom is 0.261 e. The van der Waals surface area contributed by atoms with Crippen LogP contribution in [0.25, 0.3) is 0 Å². The van der Waals surface area contributed by atoms with Crippen LogP contribution in [-0.2, 0) is 17.9 Å². The van der Waals surface area contributed by atoms with Crippen LogP contribution in [0.1, 0.15) is 36.5 Å². The quantitative estimate of drug-likeness (QED) is 0.469. The first-order valence-electron chi connectivity index (χ1n) is 9.35. The van der Waals surface area contributed by atoms with Crippen molar-refractivity contribution in [3.8, 4) is 5.75 Å². The van der Waals surface area contributed by atoms with Crippen molar-refractivity contribution in [2.45, 2.75) is 32.4 Å². The van der Waals surface area contributed by atoms with Gasteiger partial charge in [-0.2, -0.15) is 0 Å². The van der Waals surface area contributed by atoms with Crippen LogP contribution in [0.5, 0.6) is 5.75 Å². The number of hydrogen-bond donors (Lipinski definition) is 0. The number of hydrogen-bond acceptors (Lipinski definition) is 4. The number of ether oxygens (including phenoxy) is 1. The minimum absolute atomic E-state index is 0.0461. The van der Waals surface area contributed by atoms with Gasteiger partial charge >= 0.3 is 0 Å². The molecule has 1 aliphatic carbocycles. The molecule has 146 valence electrons. The zero-order chi connectivity index (χ0) is 19.5. The molecule has 2 heterocycles. The smallest absolute Gasteiger partial charge is 0.261 e. The SMILES string of the molecule is CC1CC1c1ccc(CN(Cc2ccco2)C(=O)COc2ccc(Br)cc2)o1. The average Bonchev–Trinajstić information content (AvgIpc) is 3.08. The summed E-state index contributed by atoms with van der Waals surface area (Å²) < 4.78 is 18.0. The van der Waals surface area contributed by atoms with E-state index >= 15 is 0 Å². The lowest BCUT2D eigenvalue weighted by Crippen LogP contribution is -2.33. The largest absolute Gasteiger partial charge is 0.484 e. The van der Waals surface area contributed by atoms with E-state index in [1.807, 2.05) is 48.5 Å². The first-order valence-corrected chi connectivity index (χ1v) is 10.1. The predicted molar refractivity (Wildman–Crippen MR) is 108 cm³/mol. The lowest BCUT2D eigenvalue weighted by atomic mass is 10.3. The molecule has 28 heavy (non-hydrogen) atoms. The highest BCUT2D eigenvalue weighted by atomic mass is 79.9. The molecule has 4 rings (SSSR count). The predicted octanol–water partition coefficient (Wildman–Crippen LogP) is 5.37. The number of carbonyl (C=O) groups excluding carboxylic acids is 1. The van der Waals surface area contributed by atoms with Gasteiger partial charge in [0.15, 0.2) is 6.61 Å². The molecule has 2 unspecified atom stereocenters. The second-order valence-corrected chi connectivity index (χ2v) is 8.11. The molecule has 1 amide bonds. The molecule has 1 aromatic carbocycles. The minimum Gasteiger partial charge on any atom is -0.484 e. The van der Waals surface area contributed by atoms with E-state index in [-0.39, 0.29) is 12.5 Å². The molecular formula is C22H22BrNO4. The Bertz CT molecular complexity index is 916. The Hall–Kier alpha value is -2.47. The standard InChI is InChI=1S/C22H22BrNO4/c1-15-11-20(15)21-9-8-19(28-21)13-24(12-18-3-2-10-26-18)22(25)14-27-17-6-4-16(23)5-7-17/h2-10,15,20H,11-14H2,1H3. The summed E-state index contributed by atoms with van der Waals surface area (Å²) in [6.07, 6.45) is 2.78. The molecule has 3 aromatic rings. The highest BCUT2D eigenvalue weighted by Gasteiger charge is 2.36. The van der Waals surface area contributed by atoms with Crippen molar-refractivity contribution < 1.29 is 18.4 Å². The van der Waals surface area contributed by atoms with Crippen LogP contribution in [0.4, 0.5) is 0 Å². The number of nitrogens with zero attached hydrogens (tertiary/aromatic N) is 1. The Balaban J connectivity index is 1.42. The van der Waals surface area contributed by atoms with E-state index in [0.29, 0.717) is 30.7 Å². The molecule has 1 fully saturated rings. The van der Waals surface area contributed by atoms with E-state index in [1.165, 1.54) is 6.42 Å². The fourth-order valence-electron chi connectivity index (χ4n) is 3.18. The molecule has 0 bridgehead atoms. The summed E-state index contributed by atoms with van der Waals surface area (Å²) >= 11 is 3.39. The van der Waals surface area contributed by atoms with Gasteiger partial charge < -0.3 is 18.5 Å². The molecule has 0 saturated heterocycles. The summed E-state index contributed by atoms with van der Waals surface area (Å²) in [7, 11) is 0. The molecular weight excluding hydrogens is 422 g/mol. The summed E-state index contributed by atoms with van der Waals surface area (Å²) in [5, 5.41) is 0. The lowest BCUT2D eigenvalue weighted by molar-refractivity contribution is -0.135. The van der Waals surface area contributed by atoms with Crippen LogP contribution in [0, 0.1) is 5.92 Å². The number of furan rings is 2. The van der Waals surface area contributed by atoms with Crippen molar-refractivity contribution >= 4 is 21.8 Å². The molecule has 6 heteroatoms. The van der Waals surface area contributed by atoms with Gasteiger partial charge in [-0.25, -0.2) is 0 Å². The summed E-state index contributed by atoms with van der Waals surface area (Å²) in [6, 6.07) is 15.1. The molecule has 0 aliphatic heterocycles. The van der Waals surface area contributed by atoms with Crippen LogP contribution in [0.2, 0.25) is 0 Å². The van der Waals surface area contributed by atoms with Crippen LogP contribution in [0.3, 0.4) is 0 Å². The van der Waals surface area contributed by atoms with Crippen LogP contribution < -0.4 is 4.74 Å². The lowest BCUT2D eigenvalue weighted by Gasteiger charge is -2.21. The Morgan fingerprint density at radius 1 is 1.14 bits per heavy atom.